The maximum Gasteiger partial charge on any atom is 0.330 e. The normalized spacial score (nSPS) is 14.2. The molecule has 1 aliphatic rings. The first-order chi connectivity index (χ1) is 36.3. The number of hydrogen-bond donors (Lipinski definition) is 0. The fourth-order valence-corrected chi connectivity index (χ4v) is 11.3. The summed E-state index contributed by atoms with van der Waals surface area (Å²) in [6.07, 6.45) is -0.159. The molecule has 0 spiro atoms. The van der Waals surface area contributed by atoms with Crippen molar-refractivity contribution in [2.45, 2.75) is 25.7 Å². The lowest BCUT2D eigenvalue weighted by molar-refractivity contribution is -0.195. The monoisotopic (exact) mass is 964 g/mol. The third kappa shape index (κ3) is 7.28. The first-order valence-corrected chi connectivity index (χ1v) is 24.8. The standard InChI is InChI=1S/C66H44O8/c67-61(71-57-27-11-23-49-33-41-15-1-5-19-45(41)37-53(49)57)65(62(68)72-58-28-12-24-50-34-42-16-2-6-20-46(42)38-54(50)58)31-9-10-32-66(65,63(69)73-59-29-13-25-51-35-43-17-3-7-21-47(43)39-55(51)59)64(70)74-60-30-14-26-52-36-44-18-4-8-22-48(44)40-56(52)60/h1-8,11-30,33-40H,9-10,31-32H2. The smallest absolute Gasteiger partial charge is 0.330 e. The summed E-state index contributed by atoms with van der Waals surface area (Å²) in [6.45, 7) is 0. The van der Waals surface area contributed by atoms with Gasteiger partial charge in [0, 0.05) is 21.5 Å². The summed E-state index contributed by atoms with van der Waals surface area (Å²) in [5.41, 5.74) is -5.38. The summed E-state index contributed by atoms with van der Waals surface area (Å²) in [7, 11) is 0. The average molecular weight is 965 g/mol. The van der Waals surface area contributed by atoms with E-state index in [9.17, 15) is 0 Å². The first-order valence-electron chi connectivity index (χ1n) is 24.8. The second kappa shape index (κ2) is 17.7. The summed E-state index contributed by atoms with van der Waals surface area (Å²) >= 11 is 0. The Balaban J connectivity index is 1.02. The minimum Gasteiger partial charge on any atom is -0.425 e. The van der Waals surface area contributed by atoms with Crippen molar-refractivity contribution in [3.05, 3.63) is 218 Å². The van der Waals surface area contributed by atoms with Gasteiger partial charge in [-0.15, -0.1) is 0 Å². The number of ether oxygens (including phenoxy) is 4. The molecule has 356 valence electrons. The van der Waals surface area contributed by atoms with Gasteiger partial charge in [0.2, 0.25) is 0 Å². The van der Waals surface area contributed by atoms with E-state index in [1.54, 1.807) is 48.5 Å². The highest BCUT2D eigenvalue weighted by molar-refractivity contribution is 6.18. The van der Waals surface area contributed by atoms with Gasteiger partial charge in [-0.1, -0.05) is 158 Å². The fraction of sp³-hybridized carbons (Fsp3) is 0.0909. The quantitative estimate of drug-likeness (QED) is 0.0642. The van der Waals surface area contributed by atoms with Gasteiger partial charge in [-0.2, -0.15) is 0 Å². The molecule has 0 bridgehead atoms. The van der Waals surface area contributed by atoms with Crippen LogP contribution in [-0.4, -0.2) is 23.9 Å². The van der Waals surface area contributed by atoms with E-state index in [2.05, 4.69) is 0 Å². The van der Waals surface area contributed by atoms with E-state index in [0.29, 0.717) is 21.5 Å². The SMILES string of the molecule is O=C(Oc1cccc2cc3ccccc3cc12)C1(C(=O)Oc2cccc3cc4ccccc4cc23)CCCCC1(C(=O)Oc1cccc2cc3ccccc3cc12)C(=O)Oc1cccc2cc3ccccc3cc12. The Labute approximate surface area is 424 Å². The summed E-state index contributed by atoms with van der Waals surface area (Å²) in [5.74, 6) is -4.11. The molecule has 1 aliphatic carbocycles. The number of hydrogen-bond acceptors (Lipinski definition) is 8. The van der Waals surface area contributed by atoms with Gasteiger partial charge in [0.05, 0.1) is 0 Å². The molecule has 74 heavy (non-hydrogen) atoms. The highest BCUT2D eigenvalue weighted by Gasteiger charge is 2.74. The van der Waals surface area contributed by atoms with Crippen molar-refractivity contribution in [2.75, 3.05) is 0 Å². The lowest BCUT2D eigenvalue weighted by atomic mass is 9.55. The van der Waals surface area contributed by atoms with Gasteiger partial charge in [0.25, 0.3) is 0 Å². The Morgan fingerprint density at radius 1 is 0.257 bits per heavy atom. The summed E-state index contributed by atoms with van der Waals surface area (Å²) in [5, 5.41) is 12.9. The van der Waals surface area contributed by atoms with Crippen LogP contribution in [0.25, 0.3) is 86.2 Å². The second-order valence-electron chi connectivity index (χ2n) is 19.3. The van der Waals surface area contributed by atoms with E-state index >= 15 is 19.2 Å². The van der Waals surface area contributed by atoms with Crippen molar-refractivity contribution in [3.63, 3.8) is 0 Å². The molecule has 0 aliphatic heterocycles. The van der Waals surface area contributed by atoms with E-state index in [1.807, 2.05) is 170 Å². The maximum atomic E-state index is 16.2. The highest BCUT2D eigenvalue weighted by atomic mass is 16.6. The number of rotatable bonds is 8. The average Bonchev–Trinajstić information content (AvgIpc) is 3.44. The minimum absolute atomic E-state index is 0.130. The lowest BCUT2D eigenvalue weighted by Crippen LogP contribution is -2.66. The molecule has 0 heterocycles. The van der Waals surface area contributed by atoms with Crippen LogP contribution in [-0.2, 0) is 19.2 Å². The number of carbonyl (C=O) groups excluding carboxylic acids is 4. The Kier molecular flexibility index (Phi) is 10.7. The van der Waals surface area contributed by atoms with Crippen LogP contribution in [0.5, 0.6) is 23.0 Å². The molecule has 8 heteroatoms. The Morgan fingerprint density at radius 2 is 0.459 bits per heavy atom. The van der Waals surface area contributed by atoms with Crippen LogP contribution in [0.1, 0.15) is 25.7 Å². The molecule has 0 aromatic heterocycles. The Bertz CT molecular complexity index is 3780. The zero-order chi connectivity index (χ0) is 50.0. The molecule has 12 aromatic rings. The van der Waals surface area contributed by atoms with Gasteiger partial charge in [-0.05, 0) is 150 Å². The third-order valence-corrected chi connectivity index (χ3v) is 15.1. The molecule has 1 fully saturated rings. The number of carbonyl (C=O) groups is 4. The van der Waals surface area contributed by atoms with Crippen LogP contribution in [0.4, 0.5) is 0 Å². The molecular formula is C66H44O8. The van der Waals surface area contributed by atoms with Gasteiger partial charge in [0.15, 0.2) is 10.8 Å². The van der Waals surface area contributed by atoms with E-state index < -0.39 is 34.7 Å². The van der Waals surface area contributed by atoms with Crippen molar-refractivity contribution in [1.82, 2.24) is 0 Å². The second-order valence-corrected chi connectivity index (χ2v) is 19.3. The highest BCUT2D eigenvalue weighted by Crippen LogP contribution is 2.55. The maximum absolute atomic E-state index is 16.2. The molecule has 12 aromatic carbocycles. The lowest BCUT2D eigenvalue weighted by Gasteiger charge is -2.45. The minimum atomic E-state index is -2.69. The molecule has 0 radical (unpaired) electrons. The summed E-state index contributed by atoms with van der Waals surface area (Å²) < 4.78 is 26.2. The predicted molar refractivity (Wildman–Crippen MR) is 292 cm³/mol. The number of esters is 4. The Hall–Kier alpha value is -9.40. The van der Waals surface area contributed by atoms with Crippen molar-refractivity contribution in [2.24, 2.45) is 10.8 Å². The van der Waals surface area contributed by atoms with Crippen LogP contribution < -0.4 is 18.9 Å². The number of fused-ring (bicyclic) bond motifs is 8. The summed E-state index contributed by atoms with van der Waals surface area (Å²) in [6, 6.07) is 68.3. The molecule has 1 saturated carbocycles. The van der Waals surface area contributed by atoms with Gasteiger partial charge >= 0.3 is 23.9 Å². The molecule has 0 saturated heterocycles. The van der Waals surface area contributed by atoms with E-state index in [-0.39, 0.29) is 48.7 Å². The van der Waals surface area contributed by atoms with E-state index in [4.69, 9.17) is 18.9 Å². The van der Waals surface area contributed by atoms with Crippen LogP contribution in [0.15, 0.2) is 218 Å². The molecule has 0 amide bonds. The van der Waals surface area contributed by atoms with E-state index in [1.165, 1.54) is 0 Å². The van der Waals surface area contributed by atoms with Crippen LogP contribution >= 0.6 is 0 Å². The van der Waals surface area contributed by atoms with E-state index in [0.717, 1.165) is 64.6 Å². The van der Waals surface area contributed by atoms with Crippen molar-refractivity contribution in [3.8, 4) is 23.0 Å². The molecule has 8 nitrogen and oxygen atoms in total. The van der Waals surface area contributed by atoms with Crippen molar-refractivity contribution >= 4 is 110 Å². The van der Waals surface area contributed by atoms with Crippen LogP contribution in [0.2, 0.25) is 0 Å². The molecular weight excluding hydrogens is 921 g/mol. The van der Waals surface area contributed by atoms with Crippen LogP contribution in [0, 0.1) is 10.8 Å². The van der Waals surface area contributed by atoms with Crippen LogP contribution in [0.3, 0.4) is 0 Å². The third-order valence-electron chi connectivity index (χ3n) is 15.1. The molecule has 0 atom stereocenters. The largest absolute Gasteiger partial charge is 0.425 e. The first kappa shape index (κ1) is 44.5. The van der Waals surface area contributed by atoms with Gasteiger partial charge in [-0.3, -0.25) is 19.2 Å². The summed E-state index contributed by atoms with van der Waals surface area (Å²) in [4.78, 5) is 64.7. The zero-order valence-corrected chi connectivity index (χ0v) is 39.9. The molecule has 0 unspecified atom stereocenters. The molecule has 13 rings (SSSR count). The topological polar surface area (TPSA) is 105 Å². The zero-order valence-electron chi connectivity index (χ0n) is 39.9. The Morgan fingerprint density at radius 3 is 0.689 bits per heavy atom. The molecule has 0 N–H and O–H groups in total. The van der Waals surface area contributed by atoms with Gasteiger partial charge < -0.3 is 18.9 Å². The van der Waals surface area contributed by atoms with Gasteiger partial charge in [0.1, 0.15) is 23.0 Å². The predicted octanol–water partition coefficient (Wildman–Crippen LogP) is 15.2. The van der Waals surface area contributed by atoms with Crippen molar-refractivity contribution < 1.29 is 38.1 Å². The number of benzene rings is 12. The van der Waals surface area contributed by atoms with Crippen molar-refractivity contribution in [1.29, 1.82) is 0 Å². The fourth-order valence-electron chi connectivity index (χ4n) is 11.3. The van der Waals surface area contributed by atoms with Gasteiger partial charge in [-0.25, -0.2) is 0 Å².